The van der Waals surface area contributed by atoms with Gasteiger partial charge in [-0.05, 0) is 23.7 Å². The van der Waals surface area contributed by atoms with E-state index in [1.165, 1.54) is 0 Å². The van der Waals surface area contributed by atoms with E-state index in [0.717, 1.165) is 23.2 Å². The second-order valence-corrected chi connectivity index (χ2v) is 5.89. The molecule has 2 aromatic rings. The number of likely N-dealkylation sites (N-methyl/N-ethyl adjacent to an activating group) is 1. The minimum atomic E-state index is -0.236. The molecule has 1 heterocycles. The highest BCUT2D eigenvalue weighted by Crippen LogP contribution is 2.28. The molecule has 3 rings (SSSR count). The molecule has 3 heteroatoms. The van der Waals surface area contributed by atoms with Gasteiger partial charge in [-0.2, -0.15) is 0 Å². The van der Waals surface area contributed by atoms with Gasteiger partial charge in [-0.1, -0.05) is 66.7 Å². The molecule has 0 fully saturated rings. The van der Waals surface area contributed by atoms with Crippen molar-refractivity contribution in [1.82, 2.24) is 4.90 Å². The zero-order valence-corrected chi connectivity index (χ0v) is 13.3. The van der Waals surface area contributed by atoms with E-state index in [9.17, 15) is 4.79 Å². The highest BCUT2D eigenvalue weighted by Gasteiger charge is 2.29. The lowest BCUT2D eigenvalue weighted by Gasteiger charge is -2.29. The van der Waals surface area contributed by atoms with Gasteiger partial charge in [-0.25, -0.2) is 0 Å². The Morgan fingerprint density at radius 1 is 1.09 bits per heavy atom. The van der Waals surface area contributed by atoms with E-state index < -0.39 is 0 Å². The average molecular weight is 307 g/mol. The number of carbonyl (C=O) groups is 1. The number of hydrogen-bond acceptors (Lipinski definition) is 3. The van der Waals surface area contributed by atoms with Gasteiger partial charge < -0.3 is 9.64 Å². The summed E-state index contributed by atoms with van der Waals surface area (Å²) in [7, 11) is 2.02. The summed E-state index contributed by atoms with van der Waals surface area (Å²) in [4.78, 5) is 14.8. The first kappa shape index (κ1) is 15.5. The fraction of sp³-hybridized carbons (Fsp3) is 0.250. The maximum atomic E-state index is 12.6. The molecule has 0 aromatic heterocycles. The van der Waals surface area contributed by atoms with E-state index in [1.807, 2.05) is 55.6 Å². The van der Waals surface area contributed by atoms with Crippen molar-refractivity contribution < 1.29 is 9.53 Å². The Kier molecular flexibility index (Phi) is 4.89. The van der Waals surface area contributed by atoms with Gasteiger partial charge in [-0.3, -0.25) is 4.79 Å². The maximum absolute atomic E-state index is 12.6. The third-order valence-electron chi connectivity index (χ3n) is 4.11. The number of ether oxygens (including phenoxy) is 1. The number of hydrogen-bond donors (Lipinski definition) is 0. The van der Waals surface area contributed by atoms with E-state index in [1.54, 1.807) is 0 Å². The van der Waals surface area contributed by atoms with Crippen LogP contribution < -0.4 is 0 Å². The number of carbonyl (C=O) groups excluding carboxylic acids is 1. The zero-order valence-electron chi connectivity index (χ0n) is 13.3. The summed E-state index contributed by atoms with van der Waals surface area (Å²) in [6.45, 7) is 1.86. The summed E-state index contributed by atoms with van der Waals surface area (Å²) in [6, 6.07) is 19.9. The Morgan fingerprint density at radius 3 is 2.43 bits per heavy atom. The van der Waals surface area contributed by atoms with E-state index in [2.05, 4.69) is 23.1 Å². The largest absolute Gasteiger partial charge is 0.460 e. The van der Waals surface area contributed by atoms with E-state index in [0.29, 0.717) is 13.2 Å². The SMILES string of the molecule is CN1CC=C(c2ccccc2)C(C(=O)OCc2ccccc2)C1. The highest BCUT2D eigenvalue weighted by atomic mass is 16.5. The number of rotatable bonds is 4. The molecule has 0 amide bonds. The predicted molar refractivity (Wildman–Crippen MR) is 91.6 cm³/mol. The smallest absolute Gasteiger partial charge is 0.315 e. The van der Waals surface area contributed by atoms with Gasteiger partial charge >= 0.3 is 5.97 Å². The fourth-order valence-electron chi connectivity index (χ4n) is 2.86. The van der Waals surface area contributed by atoms with Crippen molar-refractivity contribution in [2.75, 3.05) is 20.1 Å². The van der Waals surface area contributed by atoms with E-state index in [-0.39, 0.29) is 11.9 Å². The minimum absolute atomic E-state index is 0.157. The molecule has 23 heavy (non-hydrogen) atoms. The Morgan fingerprint density at radius 2 is 1.74 bits per heavy atom. The first-order valence-electron chi connectivity index (χ1n) is 7.88. The molecule has 0 spiro atoms. The number of esters is 1. The van der Waals surface area contributed by atoms with Crippen LogP contribution in [-0.2, 0) is 16.1 Å². The number of nitrogens with zero attached hydrogens (tertiary/aromatic N) is 1. The second kappa shape index (κ2) is 7.25. The van der Waals surface area contributed by atoms with Crippen molar-refractivity contribution in [3.8, 4) is 0 Å². The third kappa shape index (κ3) is 3.88. The van der Waals surface area contributed by atoms with Crippen molar-refractivity contribution >= 4 is 11.5 Å². The molecular weight excluding hydrogens is 286 g/mol. The summed E-state index contributed by atoms with van der Waals surface area (Å²) < 4.78 is 5.56. The van der Waals surface area contributed by atoms with Crippen LogP contribution in [0.1, 0.15) is 11.1 Å². The average Bonchev–Trinajstić information content (AvgIpc) is 2.61. The van der Waals surface area contributed by atoms with Gasteiger partial charge in [0.1, 0.15) is 6.61 Å². The molecule has 118 valence electrons. The third-order valence-corrected chi connectivity index (χ3v) is 4.11. The van der Waals surface area contributed by atoms with Crippen LogP contribution >= 0.6 is 0 Å². The Balaban J connectivity index is 1.74. The maximum Gasteiger partial charge on any atom is 0.315 e. The zero-order chi connectivity index (χ0) is 16.1. The molecule has 0 aliphatic carbocycles. The molecule has 1 aliphatic rings. The Bertz CT molecular complexity index is 679. The second-order valence-electron chi connectivity index (χ2n) is 5.89. The van der Waals surface area contributed by atoms with Gasteiger partial charge in [0.05, 0.1) is 5.92 Å². The molecule has 0 N–H and O–H groups in total. The molecule has 1 atom stereocenters. The van der Waals surface area contributed by atoms with Crippen LogP contribution in [0.4, 0.5) is 0 Å². The Labute approximate surface area is 137 Å². The van der Waals surface area contributed by atoms with Gasteiger partial charge in [0.25, 0.3) is 0 Å². The highest BCUT2D eigenvalue weighted by molar-refractivity contribution is 5.89. The predicted octanol–water partition coefficient (Wildman–Crippen LogP) is 3.38. The lowest BCUT2D eigenvalue weighted by atomic mass is 9.89. The van der Waals surface area contributed by atoms with Crippen molar-refractivity contribution in [2.45, 2.75) is 6.61 Å². The summed E-state index contributed by atoms with van der Waals surface area (Å²) in [6.07, 6.45) is 2.13. The molecule has 0 bridgehead atoms. The van der Waals surface area contributed by atoms with Crippen molar-refractivity contribution in [3.05, 3.63) is 77.9 Å². The van der Waals surface area contributed by atoms with Crippen molar-refractivity contribution in [3.63, 3.8) is 0 Å². The van der Waals surface area contributed by atoms with Gasteiger partial charge in [-0.15, -0.1) is 0 Å². The molecule has 0 saturated carbocycles. The lowest BCUT2D eigenvalue weighted by Crippen LogP contribution is -2.36. The summed E-state index contributed by atoms with van der Waals surface area (Å²) in [5, 5.41) is 0. The standard InChI is InChI=1S/C20H21NO2/c1-21-13-12-18(17-10-6-3-7-11-17)19(14-21)20(22)23-15-16-8-4-2-5-9-16/h2-12,19H,13-15H2,1H3. The molecule has 3 nitrogen and oxygen atoms in total. The summed E-state index contributed by atoms with van der Waals surface area (Å²) >= 11 is 0. The van der Waals surface area contributed by atoms with Crippen molar-refractivity contribution in [1.29, 1.82) is 0 Å². The van der Waals surface area contributed by atoms with Gasteiger partial charge in [0.15, 0.2) is 0 Å². The summed E-state index contributed by atoms with van der Waals surface area (Å²) in [5.74, 6) is -0.393. The quantitative estimate of drug-likeness (QED) is 0.811. The molecule has 1 aliphatic heterocycles. The lowest BCUT2D eigenvalue weighted by molar-refractivity contribution is -0.148. The van der Waals surface area contributed by atoms with Gasteiger partial charge in [0, 0.05) is 13.1 Å². The number of benzene rings is 2. The van der Waals surface area contributed by atoms with Crippen LogP contribution in [0.15, 0.2) is 66.7 Å². The molecule has 2 aromatic carbocycles. The molecular formula is C20H21NO2. The van der Waals surface area contributed by atoms with Crippen LogP contribution in [0.2, 0.25) is 0 Å². The first-order chi connectivity index (χ1) is 11.2. The minimum Gasteiger partial charge on any atom is -0.460 e. The van der Waals surface area contributed by atoms with Crippen LogP contribution in [0.3, 0.4) is 0 Å². The summed E-state index contributed by atoms with van der Waals surface area (Å²) in [5.41, 5.74) is 3.18. The Hall–Kier alpha value is -2.39. The molecule has 1 unspecified atom stereocenters. The monoisotopic (exact) mass is 307 g/mol. The van der Waals surface area contributed by atoms with E-state index in [4.69, 9.17) is 4.74 Å². The van der Waals surface area contributed by atoms with Crippen molar-refractivity contribution in [2.24, 2.45) is 5.92 Å². The molecule has 0 radical (unpaired) electrons. The van der Waals surface area contributed by atoms with Gasteiger partial charge in [0.2, 0.25) is 0 Å². The first-order valence-corrected chi connectivity index (χ1v) is 7.88. The van der Waals surface area contributed by atoms with Crippen LogP contribution in [0.5, 0.6) is 0 Å². The topological polar surface area (TPSA) is 29.5 Å². The van der Waals surface area contributed by atoms with Crippen LogP contribution in [0.25, 0.3) is 5.57 Å². The molecule has 0 saturated heterocycles. The van der Waals surface area contributed by atoms with E-state index >= 15 is 0 Å². The van der Waals surface area contributed by atoms with Crippen LogP contribution in [-0.4, -0.2) is 31.0 Å². The fourth-order valence-corrected chi connectivity index (χ4v) is 2.86. The van der Waals surface area contributed by atoms with Crippen LogP contribution in [0, 0.1) is 5.92 Å². The normalized spacial score (nSPS) is 18.3.